The molecule has 10 heteroatoms. The fourth-order valence-electron chi connectivity index (χ4n) is 6.69. The molecular weight excluding hydrogens is 713 g/mol. The van der Waals surface area contributed by atoms with E-state index in [0.29, 0.717) is 12.8 Å². The highest BCUT2D eigenvalue weighted by molar-refractivity contribution is 7.47. The quantitative estimate of drug-likeness (QED) is 0.0267. The van der Waals surface area contributed by atoms with E-state index in [2.05, 4.69) is 26.0 Å². The molecule has 0 aliphatic rings. The predicted molar refractivity (Wildman–Crippen MR) is 229 cm³/mol. The van der Waals surface area contributed by atoms with Crippen LogP contribution in [0, 0.1) is 0 Å². The van der Waals surface area contributed by atoms with Crippen LogP contribution in [0.4, 0.5) is 0 Å². The molecule has 0 aromatic heterocycles. The highest BCUT2D eigenvalue weighted by atomic mass is 31.2. The first kappa shape index (κ1) is 53.8. The Bertz CT molecular complexity index is 917. The molecule has 1 unspecified atom stereocenters. The van der Waals surface area contributed by atoms with Gasteiger partial charge >= 0.3 is 19.8 Å². The maximum Gasteiger partial charge on any atom is 0.472 e. The van der Waals surface area contributed by atoms with Crippen LogP contribution in [0.1, 0.15) is 232 Å². The van der Waals surface area contributed by atoms with Crippen LogP contribution in [0.2, 0.25) is 0 Å². The van der Waals surface area contributed by atoms with Crippen molar-refractivity contribution in [3.63, 3.8) is 0 Å². The Morgan fingerprint density at radius 3 is 1.31 bits per heavy atom. The van der Waals surface area contributed by atoms with Crippen LogP contribution < -0.4 is 5.73 Å². The summed E-state index contributed by atoms with van der Waals surface area (Å²) < 4.78 is 32.8. The molecule has 0 rings (SSSR count). The third-order valence-electron chi connectivity index (χ3n) is 10.2. The lowest BCUT2D eigenvalue weighted by molar-refractivity contribution is -0.161. The summed E-state index contributed by atoms with van der Waals surface area (Å²) in [5, 5.41) is 0. The van der Waals surface area contributed by atoms with E-state index in [4.69, 9.17) is 24.3 Å². The average molecular weight is 802 g/mol. The summed E-state index contributed by atoms with van der Waals surface area (Å²) in [5.74, 6) is -0.835. The second-order valence-corrected chi connectivity index (χ2v) is 17.1. The Kier molecular flexibility index (Phi) is 41.4. The van der Waals surface area contributed by atoms with Gasteiger partial charge in [-0.1, -0.05) is 193 Å². The molecule has 9 nitrogen and oxygen atoms in total. The van der Waals surface area contributed by atoms with Crippen molar-refractivity contribution in [3.8, 4) is 0 Å². The molecule has 2 atom stereocenters. The van der Waals surface area contributed by atoms with Gasteiger partial charge in [-0.15, -0.1) is 0 Å². The normalized spacial score (nSPS) is 13.3. The predicted octanol–water partition coefficient (Wildman–Crippen LogP) is 13.4. The Balaban J connectivity index is 4.05. The maximum absolute atomic E-state index is 12.6. The van der Waals surface area contributed by atoms with Gasteiger partial charge in [0.15, 0.2) is 6.10 Å². The summed E-state index contributed by atoms with van der Waals surface area (Å²) in [4.78, 5) is 34.9. The molecule has 0 aliphatic carbocycles. The first-order chi connectivity index (χ1) is 26.8. The van der Waals surface area contributed by atoms with E-state index in [1.807, 2.05) is 0 Å². The van der Waals surface area contributed by atoms with Crippen molar-refractivity contribution in [1.29, 1.82) is 0 Å². The number of unbranched alkanes of at least 4 members (excludes halogenated alkanes) is 29. The SMILES string of the molecule is CCCCCCCC/C=C/CCCCCC(=O)OC[C@H](COP(=O)(O)OCCN)OC(=O)CCCCCCCCCCCCCCCCCCCCCCC. The topological polar surface area (TPSA) is 134 Å². The van der Waals surface area contributed by atoms with Gasteiger partial charge in [-0.3, -0.25) is 18.6 Å². The molecule has 0 saturated carbocycles. The molecule has 55 heavy (non-hydrogen) atoms. The first-order valence-corrected chi connectivity index (χ1v) is 24.7. The van der Waals surface area contributed by atoms with Gasteiger partial charge in [0.1, 0.15) is 6.61 Å². The third kappa shape index (κ3) is 42.2. The molecule has 326 valence electrons. The van der Waals surface area contributed by atoms with Gasteiger partial charge < -0.3 is 20.1 Å². The molecule has 0 aromatic rings. The van der Waals surface area contributed by atoms with Crippen molar-refractivity contribution in [2.45, 2.75) is 238 Å². The van der Waals surface area contributed by atoms with Gasteiger partial charge in [0, 0.05) is 19.4 Å². The van der Waals surface area contributed by atoms with Gasteiger partial charge in [0.2, 0.25) is 0 Å². The van der Waals surface area contributed by atoms with E-state index in [-0.39, 0.29) is 32.6 Å². The molecule has 0 bridgehead atoms. The number of hydrogen-bond acceptors (Lipinski definition) is 8. The number of rotatable bonds is 44. The molecule has 0 spiro atoms. The number of esters is 2. The Morgan fingerprint density at radius 2 is 0.891 bits per heavy atom. The van der Waals surface area contributed by atoms with Gasteiger partial charge in [0.05, 0.1) is 13.2 Å². The van der Waals surface area contributed by atoms with E-state index in [1.54, 1.807) is 0 Å². The van der Waals surface area contributed by atoms with E-state index < -0.39 is 32.5 Å². The van der Waals surface area contributed by atoms with Crippen LogP contribution in [0.5, 0.6) is 0 Å². The summed E-state index contributed by atoms with van der Waals surface area (Å²) in [6, 6.07) is 0. The second kappa shape index (κ2) is 42.4. The fraction of sp³-hybridized carbons (Fsp3) is 0.911. The van der Waals surface area contributed by atoms with E-state index in [0.717, 1.165) is 38.5 Å². The van der Waals surface area contributed by atoms with Crippen LogP contribution in [0.25, 0.3) is 0 Å². The van der Waals surface area contributed by atoms with Gasteiger partial charge in [-0.05, 0) is 38.5 Å². The molecule has 0 aliphatic heterocycles. The largest absolute Gasteiger partial charge is 0.472 e. The molecule has 0 saturated heterocycles. The number of carbonyl (C=O) groups excluding carboxylic acids is 2. The van der Waals surface area contributed by atoms with Gasteiger partial charge in [-0.25, -0.2) is 4.57 Å². The number of hydrogen-bond donors (Lipinski definition) is 2. The third-order valence-corrected chi connectivity index (χ3v) is 11.1. The average Bonchev–Trinajstić information content (AvgIpc) is 3.17. The monoisotopic (exact) mass is 802 g/mol. The smallest absolute Gasteiger partial charge is 0.462 e. The van der Waals surface area contributed by atoms with Gasteiger partial charge in [0.25, 0.3) is 0 Å². The van der Waals surface area contributed by atoms with Crippen LogP contribution in [0.3, 0.4) is 0 Å². The van der Waals surface area contributed by atoms with Crippen molar-refractivity contribution in [2.24, 2.45) is 5.73 Å². The van der Waals surface area contributed by atoms with Crippen LogP contribution in [0.15, 0.2) is 12.2 Å². The minimum atomic E-state index is -4.37. The number of allylic oxidation sites excluding steroid dienone is 2. The van der Waals surface area contributed by atoms with Crippen molar-refractivity contribution >= 4 is 19.8 Å². The number of ether oxygens (including phenoxy) is 2. The molecule has 0 aromatic carbocycles. The Labute approximate surface area is 339 Å². The van der Waals surface area contributed by atoms with Crippen LogP contribution in [-0.4, -0.2) is 49.3 Å². The molecule has 3 N–H and O–H groups in total. The molecule has 0 radical (unpaired) electrons. The number of nitrogens with two attached hydrogens (primary N) is 1. The lowest BCUT2D eigenvalue weighted by Crippen LogP contribution is -2.29. The first-order valence-electron chi connectivity index (χ1n) is 23.2. The molecule has 0 heterocycles. The number of phosphoric acid groups is 1. The highest BCUT2D eigenvalue weighted by Gasteiger charge is 2.26. The number of phosphoric ester groups is 1. The molecular formula is C45H88NO8P. The minimum absolute atomic E-state index is 0.0545. The summed E-state index contributed by atoms with van der Waals surface area (Å²) in [5.41, 5.74) is 5.35. The molecule has 0 amide bonds. The summed E-state index contributed by atoms with van der Waals surface area (Å²) in [6.07, 6.45) is 43.9. The Morgan fingerprint density at radius 1 is 0.527 bits per heavy atom. The number of carbonyl (C=O) groups is 2. The summed E-state index contributed by atoms with van der Waals surface area (Å²) in [7, 11) is -4.37. The molecule has 0 fully saturated rings. The highest BCUT2D eigenvalue weighted by Crippen LogP contribution is 2.43. The second-order valence-electron chi connectivity index (χ2n) is 15.6. The zero-order valence-corrected chi connectivity index (χ0v) is 36.8. The van der Waals surface area contributed by atoms with Crippen molar-refractivity contribution in [3.05, 3.63) is 12.2 Å². The van der Waals surface area contributed by atoms with Gasteiger partial charge in [-0.2, -0.15) is 0 Å². The van der Waals surface area contributed by atoms with E-state index in [1.165, 1.54) is 154 Å². The minimum Gasteiger partial charge on any atom is -0.462 e. The zero-order valence-electron chi connectivity index (χ0n) is 35.9. The fourth-order valence-corrected chi connectivity index (χ4v) is 7.45. The van der Waals surface area contributed by atoms with Crippen molar-refractivity contribution in [2.75, 3.05) is 26.4 Å². The standard InChI is InChI=1S/C45H88NO8P/c1-3-5-7-9-11-13-15-17-18-19-20-21-22-23-24-26-28-30-32-34-36-38-45(48)54-43(42-53-55(49,50)52-40-39-46)41-51-44(47)37-35-33-31-29-27-25-16-14-12-10-8-6-4-2/h25,27,43H,3-24,26,28-42,46H2,1-2H3,(H,49,50)/b27-25+/t43-/m1/s1. The van der Waals surface area contributed by atoms with Crippen LogP contribution in [-0.2, 0) is 32.7 Å². The van der Waals surface area contributed by atoms with Crippen molar-refractivity contribution in [1.82, 2.24) is 0 Å². The maximum atomic E-state index is 12.6. The van der Waals surface area contributed by atoms with Crippen molar-refractivity contribution < 1.29 is 37.6 Å². The zero-order chi connectivity index (χ0) is 40.3. The Hall–Kier alpha value is -1.25. The van der Waals surface area contributed by atoms with E-state index in [9.17, 15) is 19.0 Å². The lowest BCUT2D eigenvalue weighted by atomic mass is 10.0. The summed E-state index contributed by atoms with van der Waals surface area (Å²) in [6.45, 7) is 3.74. The lowest BCUT2D eigenvalue weighted by Gasteiger charge is -2.19. The summed E-state index contributed by atoms with van der Waals surface area (Å²) >= 11 is 0. The van der Waals surface area contributed by atoms with Crippen LogP contribution >= 0.6 is 7.82 Å². The van der Waals surface area contributed by atoms with E-state index >= 15 is 0 Å².